The second kappa shape index (κ2) is 18.2. The van der Waals surface area contributed by atoms with Gasteiger partial charge < -0.3 is 9.53 Å². The van der Waals surface area contributed by atoms with Crippen molar-refractivity contribution in [3.05, 3.63) is 138 Å². The lowest BCUT2D eigenvalue weighted by Gasteiger charge is -2.44. The van der Waals surface area contributed by atoms with Gasteiger partial charge in [-0.2, -0.15) is 0 Å². The summed E-state index contributed by atoms with van der Waals surface area (Å²) in [7, 11) is -5.50. The van der Waals surface area contributed by atoms with Gasteiger partial charge in [0, 0.05) is 11.1 Å². The highest BCUT2D eigenvalue weighted by Gasteiger charge is 2.52. The standard InChI is InChI=1S/C46H49FNO5PSi/c1-32(2)42-43(34-25-27-36(47)28-26-34)40(44(33(3)4)48-45(42)35-18-11-8-12-19-35)24-17-29-52-54(51)31-37(30-41(49)50)53-55(46(5,6)7,38-20-13-9-14-21-38)39-22-15-10-16-23-39/h8-16,18-23,25-28,32-33,37H,29-31H2,1-7H3/p+1. The van der Waals surface area contributed by atoms with Crippen LogP contribution in [0.25, 0.3) is 22.4 Å². The highest BCUT2D eigenvalue weighted by Crippen LogP contribution is 2.42. The molecule has 0 aliphatic carbocycles. The lowest BCUT2D eigenvalue weighted by molar-refractivity contribution is -0.138. The summed E-state index contributed by atoms with van der Waals surface area (Å²) >= 11 is 0. The molecule has 0 saturated heterocycles. The van der Waals surface area contributed by atoms with Gasteiger partial charge in [0.25, 0.3) is 8.32 Å². The molecule has 55 heavy (non-hydrogen) atoms. The lowest BCUT2D eigenvalue weighted by atomic mass is 9.84. The molecule has 0 spiro atoms. The number of benzene rings is 4. The largest absolute Gasteiger partial charge is 0.511 e. The summed E-state index contributed by atoms with van der Waals surface area (Å²) in [5.41, 5.74) is 6.03. The third-order valence-electron chi connectivity index (χ3n) is 9.58. The van der Waals surface area contributed by atoms with E-state index in [9.17, 15) is 18.9 Å². The fraction of sp³-hybridized carbons (Fsp3) is 0.304. The maximum atomic E-state index is 14.2. The molecule has 6 nitrogen and oxygen atoms in total. The topological polar surface area (TPSA) is 85.7 Å². The van der Waals surface area contributed by atoms with Crippen LogP contribution < -0.4 is 10.4 Å². The Labute approximate surface area is 327 Å². The Morgan fingerprint density at radius 1 is 0.818 bits per heavy atom. The Hall–Kier alpha value is -4.77. The van der Waals surface area contributed by atoms with E-state index in [0.717, 1.165) is 44.0 Å². The number of nitrogens with zero attached hydrogens (tertiary/aromatic N) is 1. The first-order valence-electron chi connectivity index (χ1n) is 18.7. The smallest absolute Gasteiger partial charge is 0.481 e. The van der Waals surface area contributed by atoms with Crippen LogP contribution in [0, 0.1) is 17.7 Å². The number of halogens is 1. The summed E-state index contributed by atoms with van der Waals surface area (Å²) in [6.07, 6.45) is -1.34. The number of aromatic nitrogens is 1. The van der Waals surface area contributed by atoms with E-state index in [1.54, 1.807) is 12.1 Å². The van der Waals surface area contributed by atoms with Crippen molar-refractivity contribution in [1.29, 1.82) is 0 Å². The van der Waals surface area contributed by atoms with Gasteiger partial charge in [-0.25, -0.2) is 4.39 Å². The number of aliphatic carboxylic acids is 1. The molecule has 2 atom stereocenters. The molecule has 5 aromatic rings. The predicted molar refractivity (Wildman–Crippen MR) is 223 cm³/mol. The van der Waals surface area contributed by atoms with Gasteiger partial charge in [0.15, 0.2) is 6.61 Å². The molecular formula is C46H50FNO5PSi+. The van der Waals surface area contributed by atoms with E-state index < -0.39 is 33.5 Å². The van der Waals surface area contributed by atoms with Crippen LogP contribution in [0.3, 0.4) is 0 Å². The van der Waals surface area contributed by atoms with Gasteiger partial charge in [-0.15, -0.1) is 4.52 Å². The van der Waals surface area contributed by atoms with Crippen LogP contribution in [0.1, 0.15) is 83.5 Å². The minimum absolute atomic E-state index is 0.000118. The SMILES string of the molecule is CC(C)c1nc(-c2ccccc2)c(C(C)C)c(-c2ccc(F)cc2)c1C#CCO[P+](=O)CC(CC(=O)O)O[Si](c1ccccc1)(c1ccccc1)C(C)(C)C. The molecule has 0 radical (unpaired) electrons. The Morgan fingerprint density at radius 2 is 1.36 bits per heavy atom. The minimum atomic E-state index is -3.14. The maximum absolute atomic E-state index is 14.2. The summed E-state index contributed by atoms with van der Waals surface area (Å²) in [6, 6.07) is 36.3. The highest BCUT2D eigenvalue weighted by molar-refractivity contribution is 7.39. The molecule has 0 aliphatic rings. The van der Waals surface area contributed by atoms with Crippen molar-refractivity contribution >= 4 is 32.7 Å². The third-order valence-corrected chi connectivity index (χ3v) is 15.8. The molecule has 4 aromatic carbocycles. The Kier molecular flexibility index (Phi) is 13.7. The van der Waals surface area contributed by atoms with Crippen LogP contribution in [0.4, 0.5) is 4.39 Å². The quantitative estimate of drug-likeness (QED) is 0.0687. The molecule has 0 bridgehead atoms. The van der Waals surface area contributed by atoms with E-state index in [2.05, 4.69) is 60.3 Å². The van der Waals surface area contributed by atoms with Gasteiger partial charge in [-0.3, -0.25) is 9.78 Å². The van der Waals surface area contributed by atoms with Crippen molar-refractivity contribution in [3.63, 3.8) is 0 Å². The summed E-state index contributed by atoms with van der Waals surface area (Å²) in [5, 5.41) is 11.6. The second-order valence-electron chi connectivity index (χ2n) is 15.3. The predicted octanol–water partition coefficient (Wildman–Crippen LogP) is 10.3. The van der Waals surface area contributed by atoms with Crippen molar-refractivity contribution in [1.82, 2.24) is 4.98 Å². The van der Waals surface area contributed by atoms with E-state index in [0.29, 0.717) is 5.56 Å². The molecule has 1 heterocycles. The Bertz CT molecular complexity index is 2100. The van der Waals surface area contributed by atoms with E-state index in [1.807, 2.05) is 91.0 Å². The van der Waals surface area contributed by atoms with Gasteiger partial charge in [0.05, 0.1) is 23.4 Å². The molecule has 284 valence electrons. The zero-order valence-electron chi connectivity index (χ0n) is 32.7. The number of hydrogen-bond acceptors (Lipinski definition) is 5. The molecule has 0 fully saturated rings. The lowest BCUT2D eigenvalue weighted by Crippen LogP contribution is -2.68. The van der Waals surface area contributed by atoms with Gasteiger partial charge in [0.1, 0.15) is 11.9 Å². The van der Waals surface area contributed by atoms with E-state index >= 15 is 0 Å². The summed E-state index contributed by atoms with van der Waals surface area (Å²) in [5.74, 6) is 5.08. The van der Waals surface area contributed by atoms with E-state index in [1.165, 1.54) is 12.1 Å². The third kappa shape index (κ3) is 9.73. The highest BCUT2D eigenvalue weighted by atomic mass is 31.1. The molecule has 9 heteroatoms. The number of hydrogen-bond donors (Lipinski definition) is 1. The van der Waals surface area contributed by atoms with Crippen LogP contribution in [-0.4, -0.2) is 43.2 Å². The number of carboxylic acids is 1. The van der Waals surface area contributed by atoms with E-state index in [4.69, 9.17) is 13.9 Å². The fourth-order valence-electron chi connectivity index (χ4n) is 7.18. The molecule has 0 amide bonds. The zero-order valence-corrected chi connectivity index (χ0v) is 34.6. The summed E-state index contributed by atoms with van der Waals surface area (Å²) < 4.78 is 40.7. The molecule has 5 rings (SSSR count). The maximum Gasteiger partial charge on any atom is 0.511 e. The molecule has 1 aromatic heterocycles. The average Bonchev–Trinajstić information content (AvgIpc) is 3.15. The van der Waals surface area contributed by atoms with Crippen molar-refractivity contribution in [2.75, 3.05) is 12.8 Å². The first-order valence-corrected chi connectivity index (χ1v) is 22.0. The van der Waals surface area contributed by atoms with Crippen molar-refractivity contribution in [2.45, 2.75) is 77.9 Å². The number of carboxylic acid groups (broad SMARTS) is 1. The average molecular weight is 775 g/mol. The molecule has 0 aliphatic heterocycles. The Balaban J connectivity index is 1.49. The number of rotatable bonds is 14. The van der Waals surface area contributed by atoms with Crippen LogP contribution in [0.2, 0.25) is 5.04 Å². The zero-order chi connectivity index (χ0) is 39.8. The van der Waals surface area contributed by atoms with Crippen molar-refractivity contribution in [2.24, 2.45) is 0 Å². The van der Waals surface area contributed by atoms with Gasteiger partial charge in [-0.05, 0) is 55.1 Å². The van der Waals surface area contributed by atoms with Crippen LogP contribution in [0.15, 0.2) is 115 Å². The van der Waals surface area contributed by atoms with Gasteiger partial charge >= 0.3 is 14.0 Å². The fourth-order valence-corrected chi connectivity index (χ4v) is 12.9. The number of carbonyl (C=O) groups is 1. The monoisotopic (exact) mass is 774 g/mol. The summed E-state index contributed by atoms with van der Waals surface area (Å²) in [4.78, 5) is 17.4. The van der Waals surface area contributed by atoms with Crippen molar-refractivity contribution in [3.8, 4) is 34.2 Å². The second-order valence-corrected chi connectivity index (χ2v) is 20.8. The molecule has 1 N–H and O–H groups in total. The van der Waals surface area contributed by atoms with Gasteiger partial charge in [-0.1, -0.05) is 163 Å². The minimum Gasteiger partial charge on any atom is -0.481 e. The molecule has 0 saturated carbocycles. The van der Waals surface area contributed by atoms with Crippen LogP contribution >= 0.6 is 8.03 Å². The number of pyridine rings is 1. The first kappa shape index (κ1) is 41.4. The normalized spacial score (nSPS) is 12.7. The Morgan fingerprint density at radius 3 is 1.85 bits per heavy atom. The first-order chi connectivity index (χ1) is 26.2. The van der Waals surface area contributed by atoms with Gasteiger partial charge in [0.2, 0.25) is 6.16 Å². The van der Waals surface area contributed by atoms with E-state index in [-0.39, 0.29) is 36.8 Å². The van der Waals surface area contributed by atoms with Crippen LogP contribution in [0.5, 0.6) is 0 Å². The molecular weight excluding hydrogens is 725 g/mol. The summed E-state index contributed by atoms with van der Waals surface area (Å²) in [6.45, 7) is 14.5. The molecule has 2 unspecified atom stereocenters. The van der Waals surface area contributed by atoms with Crippen LogP contribution in [-0.2, 0) is 18.3 Å². The van der Waals surface area contributed by atoms with Crippen molar-refractivity contribution < 1.29 is 27.8 Å².